The van der Waals surface area contributed by atoms with Gasteiger partial charge in [0.25, 0.3) is 0 Å². The summed E-state index contributed by atoms with van der Waals surface area (Å²) in [7, 11) is 1.31. The molecule has 0 spiro atoms. The van der Waals surface area contributed by atoms with Gasteiger partial charge >= 0.3 is 11.2 Å². The zero-order valence-electron chi connectivity index (χ0n) is 6.63. The predicted octanol–water partition coefficient (Wildman–Crippen LogP) is 0.691. The highest BCUT2D eigenvalue weighted by Crippen LogP contribution is 2.14. The average Bonchev–Trinajstić information content (AvgIpc) is 2.09. The Bertz CT molecular complexity index is 422. The fraction of sp³-hybridized carbons (Fsp3) is 0.167. The van der Waals surface area contributed by atoms with Gasteiger partial charge in [0, 0.05) is 13.2 Å². The molecule has 1 aromatic rings. The molecule has 0 saturated carbocycles. The number of aromatic nitrogens is 1. The van der Waals surface area contributed by atoms with Crippen molar-refractivity contribution >= 4 is 11.4 Å². The molecule has 0 unspecified atom stereocenters. The first-order valence-corrected chi connectivity index (χ1v) is 3.24. The minimum Gasteiger partial charge on any atom is -0.310 e. The normalized spacial score (nSPS) is 9.62. The lowest BCUT2D eigenvalue weighted by Gasteiger charge is -1.96. The number of nitroso groups, excluding NO2 is 1. The number of nitro groups is 1. The molecule has 0 N–H and O–H groups in total. The van der Waals surface area contributed by atoms with Crippen LogP contribution in [0.1, 0.15) is 0 Å². The number of aryl methyl sites for hydroxylation is 1. The highest BCUT2D eigenvalue weighted by Gasteiger charge is 2.14. The van der Waals surface area contributed by atoms with Gasteiger partial charge in [-0.1, -0.05) is 0 Å². The summed E-state index contributed by atoms with van der Waals surface area (Å²) in [4.78, 5) is 30.6. The van der Waals surface area contributed by atoms with E-state index in [0.29, 0.717) is 0 Å². The van der Waals surface area contributed by atoms with Crippen molar-refractivity contribution in [3.8, 4) is 0 Å². The molecule has 0 aromatic carbocycles. The van der Waals surface area contributed by atoms with Gasteiger partial charge in [-0.3, -0.25) is 14.9 Å². The largest absolute Gasteiger partial charge is 0.336 e. The number of nitrogens with zero attached hydrogens (tertiary/aromatic N) is 3. The first-order valence-electron chi connectivity index (χ1n) is 3.24. The molecule has 0 atom stereocenters. The van der Waals surface area contributed by atoms with Gasteiger partial charge in [0.2, 0.25) is 0 Å². The van der Waals surface area contributed by atoms with Crippen molar-refractivity contribution in [2.24, 2.45) is 12.2 Å². The Labute approximate surface area is 71.7 Å². The summed E-state index contributed by atoms with van der Waals surface area (Å²) in [6.07, 6.45) is 1.13. The van der Waals surface area contributed by atoms with Crippen LogP contribution < -0.4 is 5.56 Å². The van der Waals surface area contributed by atoms with Crippen LogP contribution in [0.4, 0.5) is 11.4 Å². The molecule has 7 heteroatoms. The summed E-state index contributed by atoms with van der Waals surface area (Å²) in [5.74, 6) is 0. The lowest BCUT2D eigenvalue weighted by atomic mass is 10.4. The molecule has 68 valence electrons. The fourth-order valence-corrected chi connectivity index (χ4v) is 0.858. The van der Waals surface area contributed by atoms with Gasteiger partial charge in [0.15, 0.2) is 0 Å². The third-order valence-corrected chi connectivity index (χ3v) is 1.45. The fourth-order valence-electron chi connectivity index (χ4n) is 0.858. The summed E-state index contributed by atoms with van der Waals surface area (Å²) in [5.41, 5.74) is -1.56. The van der Waals surface area contributed by atoms with E-state index in [0.717, 1.165) is 16.8 Å². The molecular formula is C6H5N3O4. The zero-order chi connectivity index (χ0) is 10.0. The van der Waals surface area contributed by atoms with Crippen LogP contribution in [0.25, 0.3) is 0 Å². The van der Waals surface area contributed by atoms with Crippen LogP contribution >= 0.6 is 0 Å². The van der Waals surface area contributed by atoms with E-state index >= 15 is 0 Å². The van der Waals surface area contributed by atoms with E-state index in [9.17, 15) is 19.8 Å². The highest BCUT2D eigenvalue weighted by molar-refractivity contribution is 5.43. The smallest absolute Gasteiger partial charge is 0.310 e. The summed E-state index contributed by atoms with van der Waals surface area (Å²) < 4.78 is 0.939. The van der Waals surface area contributed by atoms with Crippen LogP contribution in [0.5, 0.6) is 0 Å². The Morgan fingerprint density at radius 3 is 2.69 bits per heavy atom. The van der Waals surface area contributed by atoms with E-state index in [4.69, 9.17) is 0 Å². The highest BCUT2D eigenvalue weighted by atomic mass is 16.6. The molecule has 0 aliphatic carbocycles. The number of pyridine rings is 1. The van der Waals surface area contributed by atoms with Crippen LogP contribution in [0.2, 0.25) is 0 Å². The Kier molecular flexibility index (Phi) is 2.18. The number of rotatable bonds is 2. The molecule has 0 aliphatic rings. The van der Waals surface area contributed by atoms with Crippen LogP contribution in [0.3, 0.4) is 0 Å². The predicted molar refractivity (Wildman–Crippen MR) is 43.8 cm³/mol. The Hall–Kier alpha value is -2.05. The van der Waals surface area contributed by atoms with E-state index in [1.165, 1.54) is 7.05 Å². The van der Waals surface area contributed by atoms with Crippen molar-refractivity contribution < 1.29 is 4.92 Å². The van der Waals surface area contributed by atoms with E-state index in [-0.39, 0.29) is 5.69 Å². The Morgan fingerprint density at radius 1 is 1.62 bits per heavy atom. The summed E-state index contributed by atoms with van der Waals surface area (Å²) in [6, 6.07) is 0.843. The van der Waals surface area contributed by atoms with Gasteiger partial charge in [0.1, 0.15) is 5.69 Å². The van der Waals surface area contributed by atoms with Gasteiger partial charge in [0.05, 0.1) is 11.0 Å². The maximum absolute atomic E-state index is 11.1. The SMILES string of the molecule is Cn1cc(N=O)cc([N+](=O)[O-])c1=O. The Morgan fingerprint density at radius 2 is 2.23 bits per heavy atom. The average molecular weight is 183 g/mol. The second-order valence-electron chi connectivity index (χ2n) is 2.35. The molecule has 1 heterocycles. The van der Waals surface area contributed by atoms with Gasteiger partial charge in [-0.2, -0.15) is 0 Å². The summed E-state index contributed by atoms with van der Waals surface area (Å²) in [6.45, 7) is 0. The Balaban J connectivity index is 3.51. The van der Waals surface area contributed by atoms with E-state index in [2.05, 4.69) is 5.18 Å². The van der Waals surface area contributed by atoms with E-state index in [1.54, 1.807) is 0 Å². The molecule has 0 radical (unpaired) electrons. The maximum atomic E-state index is 11.1. The lowest BCUT2D eigenvalue weighted by Crippen LogP contribution is -2.18. The van der Waals surface area contributed by atoms with Gasteiger partial charge < -0.3 is 4.57 Å². The molecule has 0 bridgehead atoms. The second-order valence-corrected chi connectivity index (χ2v) is 2.35. The zero-order valence-corrected chi connectivity index (χ0v) is 6.63. The van der Waals surface area contributed by atoms with Gasteiger partial charge in [-0.15, -0.1) is 4.91 Å². The van der Waals surface area contributed by atoms with Crippen molar-refractivity contribution in [2.45, 2.75) is 0 Å². The van der Waals surface area contributed by atoms with Crippen molar-refractivity contribution in [3.63, 3.8) is 0 Å². The van der Waals surface area contributed by atoms with Crippen LogP contribution in [0, 0.1) is 15.0 Å². The third kappa shape index (κ3) is 1.58. The molecular weight excluding hydrogens is 178 g/mol. The lowest BCUT2D eigenvalue weighted by molar-refractivity contribution is -0.386. The first kappa shape index (κ1) is 9.04. The molecule has 1 aromatic heterocycles. The quantitative estimate of drug-likeness (QED) is 0.383. The minimum absolute atomic E-state index is 0.145. The van der Waals surface area contributed by atoms with Crippen LogP contribution in [0.15, 0.2) is 22.2 Å². The first-order chi connectivity index (χ1) is 6.06. The molecule has 0 amide bonds. The molecule has 1 rings (SSSR count). The topological polar surface area (TPSA) is 94.6 Å². The molecule has 0 aliphatic heterocycles. The molecule has 13 heavy (non-hydrogen) atoms. The summed E-state index contributed by atoms with van der Waals surface area (Å²) >= 11 is 0. The van der Waals surface area contributed by atoms with E-state index in [1.807, 2.05) is 0 Å². The van der Waals surface area contributed by atoms with Crippen molar-refractivity contribution in [1.82, 2.24) is 4.57 Å². The standard InChI is InChI=1S/C6H5N3O4/c1-8-3-4(7-11)2-5(6(8)10)9(12)13/h2-3H,1H3. The van der Waals surface area contributed by atoms with Crippen molar-refractivity contribution in [2.75, 3.05) is 0 Å². The van der Waals surface area contributed by atoms with Gasteiger partial charge in [-0.05, 0) is 5.18 Å². The number of hydrogen-bond donors (Lipinski definition) is 0. The monoisotopic (exact) mass is 183 g/mol. The molecule has 0 saturated heterocycles. The second kappa shape index (κ2) is 3.13. The molecule has 7 nitrogen and oxygen atoms in total. The summed E-state index contributed by atoms with van der Waals surface area (Å²) in [5, 5.41) is 12.8. The van der Waals surface area contributed by atoms with Gasteiger partial charge in [-0.25, -0.2) is 0 Å². The molecule has 0 fully saturated rings. The van der Waals surface area contributed by atoms with Crippen molar-refractivity contribution in [3.05, 3.63) is 37.6 Å². The minimum atomic E-state index is -0.850. The van der Waals surface area contributed by atoms with E-state index < -0.39 is 16.2 Å². The number of hydrogen-bond acceptors (Lipinski definition) is 5. The van der Waals surface area contributed by atoms with Crippen LogP contribution in [-0.4, -0.2) is 9.49 Å². The van der Waals surface area contributed by atoms with Crippen molar-refractivity contribution in [1.29, 1.82) is 0 Å². The van der Waals surface area contributed by atoms with Crippen LogP contribution in [-0.2, 0) is 7.05 Å². The third-order valence-electron chi connectivity index (χ3n) is 1.45. The maximum Gasteiger partial charge on any atom is 0.336 e.